The molecule has 2 unspecified atom stereocenters. The maximum Gasteiger partial charge on any atom is 0.0155 e. The smallest absolute Gasteiger partial charge is 0.0155 e. The molecule has 0 N–H and O–H groups in total. The van der Waals surface area contributed by atoms with Crippen molar-refractivity contribution in [2.75, 3.05) is 19.9 Å². The molecule has 1 heterocycles. The fraction of sp³-hybridized carbons (Fsp3) is 1.00. The molecular weight excluding hydrogens is 129 g/mol. The standard InChI is InChI=1S/C7H16NP/c1-6(2)7-4-8(3)5-9-7/h6-7,9H,4-5H2,1-3H3. The second-order valence-electron chi connectivity index (χ2n) is 3.25. The van der Waals surface area contributed by atoms with E-state index in [9.17, 15) is 0 Å². The molecular formula is C7H16NP. The van der Waals surface area contributed by atoms with Crippen LogP contribution in [0.3, 0.4) is 0 Å². The minimum atomic E-state index is 0.897. The van der Waals surface area contributed by atoms with Gasteiger partial charge in [0, 0.05) is 12.8 Å². The summed E-state index contributed by atoms with van der Waals surface area (Å²) in [4.78, 5) is 2.43. The zero-order chi connectivity index (χ0) is 6.85. The molecule has 1 rings (SSSR count). The first-order valence-electron chi connectivity index (χ1n) is 3.62. The van der Waals surface area contributed by atoms with Crippen LogP contribution >= 0.6 is 8.58 Å². The highest BCUT2D eigenvalue weighted by atomic mass is 31.1. The molecule has 1 aliphatic heterocycles. The summed E-state index contributed by atoms with van der Waals surface area (Å²) in [5.41, 5.74) is 0.995. The average molecular weight is 145 g/mol. The summed E-state index contributed by atoms with van der Waals surface area (Å²) < 4.78 is 0. The Kier molecular flexibility index (Phi) is 2.49. The Bertz CT molecular complexity index is 92.9. The van der Waals surface area contributed by atoms with Gasteiger partial charge in [0.1, 0.15) is 0 Å². The lowest BCUT2D eigenvalue weighted by Gasteiger charge is -2.12. The summed E-state index contributed by atoms with van der Waals surface area (Å²) in [7, 11) is 3.40. The van der Waals surface area contributed by atoms with Gasteiger partial charge in [0.25, 0.3) is 0 Å². The van der Waals surface area contributed by atoms with Gasteiger partial charge in [-0.15, -0.1) is 8.58 Å². The number of nitrogens with zero attached hydrogens (tertiary/aromatic N) is 1. The van der Waals surface area contributed by atoms with Gasteiger partial charge in [0.05, 0.1) is 0 Å². The van der Waals surface area contributed by atoms with Crippen LogP contribution in [0, 0.1) is 5.92 Å². The number of rotatable bonds is 1. The second-order valence-corrected chi connectivity index (χ2v) is 4.72. The Hall–Kier alpha value is 0.390. The Labute approximate surface area is 59.6 Å². The third kappa shape index (κ3) is 1.91. The van der Waals surface area contributed by atoms with E-state index in [1.54, 1.807) is 0 Å². The Balaban J connectivity index is 2.30. The van der Waals surface area contributed by atoms with Crippen molar-refractivity contribution >= 4 is 8.58 Å². The lowest BCUT2D eigenvalue weighted by Crippen LogP contribution is -2.19. The van der Waals surface area contributed by atoms with Gasteiger partial charge in [-0.05, 0) is 18.6 Å². The predicted octanol–water partition coefficient (Wildman–Crippen LogP) is 1.59. The monoisotopic (exact) mass is 145 g/mol. The summed E-state index contributed by atoms with van der Waals surface area (Å²) in [6, 6.07) is 0. The molecule has 0 spiro atoms. The zero-order valence-corrected chi connectivity index (χ0v) is 7.52. The number of hydrogen-bond donors (Lipinski definition) is 0. The Morgan fingerprint density at radius 2 is 2.22 bits per heavy atom. The first-order valence-corrected chi connectivity index (χ1v) is 4.90. The van der Waals surface area contributed by atoms with Crippen molar-refractivity contribution in [1.82, 2.24) is 4.90 Å². The molecule has 0 bridgehead atoms. The van der Waals surface area contributed by atoms with Crippen LogP contribution in [0.1, 0.15) is 13.8 Å². The molecule has 1 aliphatic rings. The van der Waals surface area contributed by atoms with Crippen LogP contribution in [0.4, 0.5) is 0 Å². The summed E-state index contributed by atoms with van der Waals surface area (Å²) in [6.07, 6.45) is 1.34. The molecule has 0 aliphatic carbocycles. The topological polar surface area (TPSA) is 3.24 Å². The second kappa shape index (κ2) is 2.98. The first-order chi connectivity index (χ1) is 4.20. The van der Waals surface area contributed by atoms with Crippen molar-refractivity contribution in [3.8, 4) is 0 Å². The van der Waals surface area contributed by atoms with Crippen LogP contribution in [0.15, 0.2) is 0 Å². The third-order valence-electron chi connectivity index (χ3n) is 1.94. The molecule has 0 radical (unpaired) electrons. The van der Waals surface area contributed by atoms with E-state index >= 15 is 0 Å². The third-order valence-corrected chi connectivity index (χ3v) is 4.03. The zero-order valence-electron chi connectivity index (χ0n) is 6.52. The van der Waals surface area contributed by atoms with Gasteiger partial charge in [0.15, 0.2) is 0 Å². The maximum absolute atomic E-state index is 2.43. The Morgan fingerprint density at radius 1 is 1.56 bits per heavy atom. The van der Waals surface area contributed by atoms with E-state index in [0.29, 0.717) is 0 Å². The molecule has 9 heavy (non-hydrogen) atoms. The fourth-order valence-corrected chi connectivity index (χ4v) is 2.77. The molecule has 2 atom stereocenters. The van der Waals surface area contributed by atoms with E-state index in [0.717, 1.165) is 11.6 Å². The van der Waals surface area contributed by atoms with E-state index in [4.69, 9.17) is 0 Å². The minimum absolute atomic E-state index is 0.897. The lowest BCUT2D eigenvalue weighted by atomic mass is 10.1. The molecule has 0 saturated carbocycles. The lowest BCUT2D eigenvalue weighted by molar-refractivity contribution is 0.392. The largest absolute Gasteiger partial charge is 0.302 e. The first kappa shape index (κ1) is 7.50. The van der Waals surface area contributed by atoms with E-state index in [1.807, 2.05) is 0 Å². The summed E-state index contributed by atoms with van der Waals surface area (Å²) in [6.45, 7) is 5.99. The van der Waals surface area contributed by atoms with E-state index in [-0.39, 0.29) is 0 Å². The molecule has 0 aromatic carbocycles. The van der Waals surface area contributed by atoms with Crippen LogP contribution in [0.5, 0.6) is 0 Å². The average Bonchev–Trinajstić information content (AvgIpc) is 2.14. The van der Waals surface area contributed by atoms with Gasteiger partial charge in [-0.1, -0.05) is 13.8 Å². The molecule has 0 aromatic heterocycles. The van der Waals surface area contributed by atoms with Gasteiger partial charge in [-0.2, -0.15) is 0 Å². The summed E-state index contributed by atoms with van der Waals surface area (Å²) in [5.74, 6) is 0.897. The van der Waals surface area contributed by atoms with E-state index in [2.05, 4.69) is 25.8 Å². The van der Waals surface area contributed by atoms with E-state index < -0.39 is 0 Å². The fourth-order valence-electron chi connectivity index (χ4n) is 1.18. The molecule has 1 fully saturated rings. The van der Waals surface area contributed by atoms with Crippen LogP contribution in [-0.4, -0.2) is 30.4 Å². The molecule has 0 amide bonds. The molecule has 1 saturated heterocycles. The van der Waals surface area contributed by atoms with Crippen molar-refractivity contribution in [3.63, 3.8) is 0 Å². The van der Waals surface area contributed by atoms with Crippen LogP contribution in [0.25, 0.3) is 0 Å². The van der Waals surface area contributed by atoms with Crippen molar-refractivity contribution in [2.45, 2.75) is 19.5 Å². The molecule has 0 aromatic rings. The number of hydrogen-bond acceptors (Lipinski definition) is 1. The van der Waals surface area contributed by atoms with E-state index in [1.165, 1.54) is 21.4 Å². The quantitative estimate of drug-likeness (QED) is 0.506. The van der Waals surface area contributed by atoms with Crippen LogP contribution in [-0.2, 0) is 0 Å². The van der Waals surface area contributed by atoms with Gasteiger partial charge in [-0.3, -0.25) is 0 Å². The van der Waals surface area contributed by atoms with Crippen LogP contribution < -0.4 is 0 Å². The highest BCUT2D eigenvalue weighted by Crippen LogP contribution is 2.32. The van der Waals surface area contributed by atoms with Gasteiger partial charge in [0.2, 0.25) is 0 Å². The minimum Gasteiger partial charge on any atom is -0.302 e. The van der Waals surface area contributed by atoms with Crippen molar-refractivity contribution in [3.05, 3.63) is 0 Å². The summed E-state index contributed by atoms with van der Waals surface area (Å²) in [5, 5.41) is 0. The predicted molar refractivity (Wildman–Crippen MR) is 44.4 cm³/mol. The van der Waals surface area contributed by atoms with Gasteiger partial charge >= 0.3 is 0 Å². The Morgan fingerprint density at radius 3 is 2.44 bits per heavy atom. The SMILES string of the molecule is CC(C)C1CN(C)CP1. The van der Waals surface area contributed by atoms with Gasteiger partial charge in [-0.25, -0.2) is 0 Å². The normalized spacial score (nSPS) is 32.7. The summed E-state index contributed by atoms with van der Waals surface area (Å²) >= 11 is 0. The maximum atomic E-state index is 2.43. The molecule has 1 nitrogen and oxygen atoms in total. The van der Waals surface area contributed by atoms with Gasteiger partial charge < -0.3 is 4.90 Å². The van der Waals surface area contributed by atoms with Crippen LogP contribution in [0.2, 0.25) is 0 Å². The van der Waals surface area contributed by atoms with Crippen molar-refractivity contribution < 1.29 is 0 Å². The highest BCUT2D eigenvalue weighted by molar-refractivity contribution is 7.39. The van der Waals surface area contributed by atoms with Crippen molar-refractivity contribution in [2.24, 2.45) is 5.92 Å². The molecule has 2 heteroatoms. The highest BCUT2D eigenvalue weighted by Gasteiger charge is 2.21. The molecule has 54 valence electrons. The van der Waals surface area contributed by atoms with Crippen molar-refractivity contribution in [1.29, 1.82) is 0 Å².